The van der Waals surface area contributed by atoms with E-state index >= 15 is 0 Å². The van der Waals surface area contributed by atoms with Crippen molar-refractivity contribution in [2.24, 2.45) is 0 Å². The summed E-state index contributed by atoms with van der Waals surface area (Å²) < 4.78 is 28.8. The fourth-order valence-electron chi connectivity index (χ4n) is 3.33. The number of nitrogens with one attached hydrogen (secondary N) is 1. The molecule has 7 nitrogen and oxygen atoms in total. The Labute approximate surface area is 176 Å². The van der Waals surface area contributed by atoms with Crippen LogP contribution in [0, 0.1) is 0 Å². The average molecular weight is 452 g/mol. The number of aromatic nitrogens is 1. The number of anilines is 1. The van der Waals surface area contributed by atoms with E-state index < -0.39 is 15.9 Å². The summed E-state index contributed by atoms with van der Waals surface area (Å²) in [5.74, 6) is -0.395. The summed E-state index contributed by atoms with van der Waals surface area (Å²) in [5.41, 5.74) is 0.987. The molecule has 1 aliphatic heterocycles. The Kier molecular flexibility index (Phi) is 5.48. The molecule has 2 heterocycles. The molecule has 0 unspecified atom stereocenters. The summed E-state index contributed by atoms with van der Waals surface area (Å²) in [5, 5.41) is 3.09. The van der Waals surface area contributed by atoms with Gasteiger partial charge in [-0.05, 0) is 43.2 Å². The highest BCUT2D eigenvalue weighted by Crippen LogP contribution is 2.26. The van der Waals surface area contributed by atoms with Crippen LogP contribution in [0.5, 0.6) is 0 Å². The Balaban J connectivity index is 1.61. The van der Waals surface area contributed by atoms with E-state index in [0.717, 1.165) is 24.2 Å². The first-order chi connectivity index (χ1) is 13.9. The van der Waals surface area contributed by atoms with E-state index in [1.807, 2.05) is 0 Å². The predicted octanol–water partition coefficient (Wildman–Crippen LogP) is 3.14. The van der Waals surface area contributed by atoms with Gasteiger partial charge < -0.3 is 5.32 Å². The summed E-state index contributed by atoms with van der Waals surface area (Å²) >= 11 is 6.97. The smallest absolute Gasteiger partial charge is 0.308 e. The second-order valence-corrected chi connectivity index (χ2v) is 10.1. The fraction of sp³-hybridized carbons (Fsp3) is 0.263. The van der Waals surface area contributed by atoms with Gasteiger partial charge in [0.05, 0.1) is 25.8 Å². The lowest BCUT2D eigenvalue weighted by Crippen LogP contribution is -2.27. The van der Waals surface area contributed by atoms with Gasteiger partial charge in [0.1, 0.15) is 6.54 Å². The molecular formula is C19H18ClN3O4S2. The molecule has 10 heteroatoms. The third-order valence-corrected chi connectivity index (χ3v) is 7.96. The molecule has 1 fully saturated rings. The van der Waals surface area contributed by atoms with E-state index in [4.69, 9.17) is 11.6 Å². The molecule has 0 saturated carbocycles. The van der Waals surface area contributed by atoms with E-state index in [1.165, 1.54) is 21.0 Å². The van der Waals surface area contributed by atoms with Crippen LogP contribution >= 0.6 is 22.9 Å². The largest absolute Gasteiger partial charge is 0.323 e. The summed E-state index contributed by atoms with van der Waals surface area (Å²) in [7, 11) is -3.57. The highest BCUT2D eigenvalue weighted by atomic mass is 35.5. The topological polar surface area (TPSA) is 88.5 Å². The highest BCUT2D eigenvalue weighted by molar-refractivity contribution is 7.89. The van der Waals surface area contributed by atoms with Gasteiger partial charge in [-0.1, -0.05) is 35.1 Å². The van der Waals surface area contributed by atoms with Crippen molar-refractivity contribution in [2.75, 3.05) is 18.4 Å². The molecule has 0 radical (unpaired) electrons. The third-order valence-electron chi connectivity index (χ3n) is 4.79. The van der Waals surface area contributed by atoms with Gasteiger partial charge >= 0.3 is 4.87 Å². The number of carbonyl (C=O) groups is 1. The first-order valence-corrected chi connectivity index (χ1v) is 11.7. The van der Waals surface area contributed by atoms with Gasteiger partial charge in [0.2, 0.25) is 15.9 Å². The molecule has 1 saturated heterocycles. The lowest BCUT2D eigenvalue weighted by Gasteiger charge is -2.15. The molecule has 1 aliphatic rings. The molecular weight excluding hydrogens is 434 g/mol. The molecule has 0 aliphatic carbocycles. The van der Waals surface area contributed by atoms with Gasteiger partial charge in [0.25, 0.3) is 0 Å². The van der Waals surface area contributed by atoms with Gasteiger partial charge in [-0.2, -0.15) is 4.31 Å². The number of fused-ring (bicyclic) bond motifs is 1. The van der Waals surface area contributed by atoms with Crippen LogP contribution in [0.25, 0.3) is 10.2 Å². The van der Waals surface area contributed by atoms with Gasteiger partial charge in [-0.25, -0.2) is 8.42 Å². The molecule has 1 aromatic heterocycles. The van der Waals surface area contributed by atoms with Crippen molar-refractivity contribution in [3.8, 4) is 0 Å². The van der Waals surface area contributed by atoms with E-state index in [9.17, 15) is 18.0 Å². The number of para-hydroxylation sites is 1. The Morgan fingerprint density at radius 2 is 1.86 bits per heavy atom. The molecule has 0 atom stereocenters. The van der Waals surface area contributed by atoms with E-state index in [-0.39, 0.29) is 16.3 Å². The van der Waals surface area contributed by atoms with Crippen molar-refractivity contribution < 1.29 is 13.2 Å². The number of rotatable bonds is 5. The minimum absolute atomic E-state index is 0.167. The third kappa shape index (κ3) is 3.95. The van der Waals surface area contributed by atoms with E-state index in [0.29, 0.717) is 34.0 Å². The Hall–Kier alpha value is -2.20. The monoisotopic (exact) mass is 451 g/mol. The number of hydrogen-bond donors (Lipinski definition) is 1. The summed E-state index contributed by atoms with van der Waals surface area (Å²) in [6, 6.07) is 11.4. The number of hydrogen-bond acceptors (Lipinski definition) is 5. The lowest BCUT2D eigenvalue weighted by atomic mass is 10.3. The maximum absolute atomic E-state index is 12.8. The van der Waals surface area contributed by atoms with Crippen LogP contribution in [-0.4, -0.2) is 36.3 Å². The molecule has 0 bridgehead atoms. The van der Waals surface area contributed by atoms with Crippen LogP contribution in [0.1, 0.15) is 12.8 Å². The molecule has 0 spiro atoms. The number of nitrogens with zero attached hydrogens (tertiary/aromatic N) is 2. The van der Waals surface area contributed by atoms with Crippen LogP contribution < -0.4 is 10.2 Å². The highest BCUT2D eigenvalue weighted by Gasteiger charge is 2.27. The van der Waals surface area contributed by atoms with Crippen molar-refractivity contribution in [3.05, 3.63) is 57.2 Å². The normalized spacial score (nSPS) is 15.1. The van der Waals surface area contributed by atoms with Crippen molar-refractivity contribution in [2.45, 2.75) is 24.3 Å². The van der Waals surface area contributed by atoms with Crippen LogP contribution in [-0.2, 0) is 21.4 Å². The maximum Gasteiger partial charge on any atom is 0.308 e. The molecule has 29 heavy (non-hydrogen) atoms. The van der Waals surface area contributed by atoms with Crippen molar-refractivity contribution >= 4 is 54.8 Å². The standard InChI is InChI=1S/C19H18ClN3O4S2/c20-14-5-1-2-6-15(14)21-18(24)12-23-16-8-7-13(11-17(16)28-19(23)25)29(26,27)22-9-3-4-10-22/h1-2,5-8,11H,3-4,9-10,12H2,(H,21,24). The number of carbonyl (C=O) groups excluding carboxylic acids is 1. The zero-order chi connectivity index (χ0) is 20.6. The van der Waals surface area contributed by atoms with Crippen LogP contribution in [0.3, 0.4) is 0 Å². The maximum atomic E-state index is 12.8. The van der Waals surface area contributed by atoms with Gasteiger partial charge in [-0.3, -0.25) is 14.2 Å². The minimum Gasteiger partial charge on any atom is -0.323 e. The SMILES string of the molecule is O=C(Cn1c(=O)sc2cc(S(=O)(=O)N3CCCC3)ccc21)Nc1ccccc1Cl. The molecule has 4 rings (SSSR count). The second kappa shape index (κ2) is 7.91. The Morgan fingerprint density at radius 1 is 1.14 bits per heavy atom. The number of sulfonamides is 1. The van der Waals surface area contributed by atoms with Gasteiger partial charge in [0, 0.05) is 13.1 Å². The van der Waals surface area contributed by atoms with Crippen molar-refractivity contribution in [3.63, 3.8) is 0 Å². The number of amides is 1. The lowest BCUT2D eigenvalue weighted by molar-refractivity contribution is -0.116. The molecule has 1 amide bonds. The number of thiazole rings is 1. The summed E-state index contributed by atoms with van der Waals surface area (Å²) in [6.45, 7) is 0.835. The average Bonchev–Trinajstić information content (AvgIpc) is 3.32. The predicted molar refractivity (Wildman–Crippen MR) is 114 cm³/mol. The van der Waals surface area contributed by atoms with Crippen LogP contribution in [0.15, 0.2) is 52.2 Å². The molecule has 152 valence electrons. The zero-order valence-electron chi connectivity index (χ0n) is 15.3. The molecule has 2 aromatic carbocycles. The summed E-state index contributed by atoms with van der Waals surface area (Å²) in [4.78, 5) is 24.7. The van der Waals surface area contributed by atoms with Crippen LogP contribution in [0.2, 0.25) is 5.02 Å². The minimum atomic E-state index is -3.57. The molecule has 3 aromatic rings. The van der Waals surface area contributed by atoms with Gasteiger partial charge in [0.15, 0.2) is 0 Å². The number of benzene rings is 2. The van der Waals surface area contributed by atoms with Crippen molar-refractivity contribution in [1.82, 2.24) is 8.87 Å². The first kappa shape index (κ1) is 20.1. The second-order valence-electron chi connectivity index (χ2n) is 6.72. The Bertz CT molecular complexity index is 1240. The van der Waals surface area contributed by atoms with Crippen molar-refractivity contribution in [1.29, 1.82) is 0 Å². The van der Waals surface area contributed by atoms with Crippen LogP contribution in [0.4, 0.5) is 5.69 Å². The summed E-state index contributed by atoms with van der Waals surface area (Å²) in [6.07, 6.45) is 1.71. The number of halogens is 1. The molecule has 1 N–H and O–H groups in total. The van der Waals surface area contributed by atoms with E-state index in [1.54, 1.807) is 30.3 Å². The quantitative estimate of drug-likeness (QED) is 0.645. The van der Waals surface area contributed by atoms with Gasteiger partial charge in [-0.15, -0.1) is 0 Å². The zero-order valence-corrected chi connectivity index (χ0v) is 17.7. The fourth-order valence-corrected chi connectivity index (χ4v) is 6.06. The Morgan fingerprint density at radius 3 is 2.59 bits per heavy atom. The first-order valence-electron chi connectivity index (χ1n) is 9.04. The van der Waals surface area contributed by atoms with E-state index in [2.05, 4.69) is 5.32 Å².